The number of fused-ring (bicyclic) bond motifs is 1. The first kappa shape index (κ1) is 22.3. The predicted molar refractivity (Wildman–Crippen MR) is 119 cm³/mol. The van der Waals surface area contributed by atoms with Crippen LogP contribution < -0.4 is 16.3 Å². The van der Waals surface area contributed by atoms with Crippen LogP contribution in [0.5, 0.6) is 0 Å². The number of alkyl carbamates (subject to hydrolysis) is 1. The van der Waals surface area contributed by atoms with Crippen molar-refractivity contribution in [3.05, 3.63) is 75.2 Å². The number of benzene rings is 2. The lowest BCUT2D eigenvalue weighted by molar-refractivity contribution is -0.116. The van der Waals surface area contributed by atoms with E-state index >= 15 is 0 Å². The summed E-state index contributed by atoms with van der Waals surface area (Å²) in [5.41, 5.74) is 3.21. The van der Waals surface area contributed by atoms with Gasteiger partial charge in [-0.3, -0.25) is 9.59 Å². The third kappa shape index (κ3) is 6.05. The topological polar surface area (TPSA) is 102 Å². The minimum atomic E-state index is -0.580. The molecule has 2 aromatic carbocycles. The van der Waals surface area contributed by atoms with Crippen molar-refractivity contribution in [2.24, 2.45) is 5.92 Å². The molecule has 3 rings (SSSR count). The molecule has 0 aliphatic rings. The van der Waals surface area contributed by atoms with Gasteiger partial charge in [-0.25, -0.2) is 10.2 Å². The van der Waals surface area contributed by atoms with Crippen molar-refractivity contribution in [1.29, 1.82) is 0 Å². The molecular weight excluding hydrogens is 420 g/mol. The summed E-state index contributed by atoms with van der Waals surface area (Å²) >= 11 is 5.86. The first-order chi connectivity index (χ1) is 14.8. The molecule has 0 unspecified atom stereocenters. The molecule has 0 radical (unpaired) electrons. The SMILES string of the molecule is CC(C)COC(=O)NCc1nn(NC(=O)Cc2ccc(Cl)cc2)c(=O)c2ccccc12. The molecule has 0 bridgehead atoms. The number of rotatable bonds is 7. The van der Waals surface area contributed by atoms with E-state index in [9.17, 15) is 14.4 Å². The van der Waals surface area contributed by atoms with Gasteiger partial charge in [-0.1, -0.05) is 55.8 Å². The summed E-state index contributed by atoms with van der Waals surface area (Å²) in [5.74, 6) is -0.204. The maximum absolute atomic E-state index is 12.8. The van der Waals surface area contributed by atoms with Gasteiger partial charge >= 0.3 is 6.09 Å². The summed E-state index contributed by atoms with van der Waals surface area (Å²) in [6.45, 7) is 4.20. The number of hydrogen-bond acceptors (Lipinski definition) is 5. The maximum Gasteiger partial charge on any atom is 0.407 e. The van der Waals surface area contributed by atoms with Crippen molar-refractivity contribution in [3.8, 4) is 0 Å². The number of amides is 2. The summed E-state index contributed by atoms with van der Waals surface area (Å²) < 4.78 is 5.11. The Bertz CT molecular complexity index is 1140. The van der Waals surface area contributed by atoms with Gasteiger partial charge in [0.2, 0.25) is 5.91 Å². The number of carbonyl (C=O) groups is 2. The van der Waals surface area contributed by atoms with Gasteiger partial charge in [0.1, 0.15) is 0 Å². The molecule has 0 aliphatic carbocycles. The lowest BCUT2D eigenvalue weighted by atomic mass is 10.1. The number of nitrogens with one attached hydrogen (secondary N) is 2. The highest BCUT2D eigenvalue weighted by Crippen LogP contribution is 2.13. The second-order valence-electron chi connectivity index (χ2n) is 7.39. The Labute approximate surface area is 184 Å². The lowest BCUT2D eigenvalue weighted by Crippen LogP contribution is -2.37. The van der Waals surface area contributed by atoms with Gasteiger partial charge in [0.15, 0.2) is 0 Å². The largest absolute Gasteiger partial charge is 0.449 e. The standard InChI is InChI=1S/C22H23ClN4O4/c1-14(2)13-31-22(30)24-12-19-17-5-3-4-6-18(17)21(29)27(25-19)26-20(28)11-15-7-9-16(23)10-8-15/h3-10,14H,11-13H2,1-2H3,(H,24,30)(H,26,28). The van der Waals surface area contributed by atoms with E-state index in [4.69, 9.17) is 16.3 Å². The molecule has 2 N–H and O–H groups in total. The Morgan fingerprint density at radius 3 is 2.45 bits per heavy atom. The average molecular weight is 443 g/mol. The van der Waals surface area contributed by atoms with E-state index in [-0.39, 0.29) is 18.9 Å². The second-order valence-corrected chi connectivity index (χ2v) is 7.83. The molecule has 1 heterocycles. The van der Waals surface area contributed by atoms with Crippen LogP contribution in [-0.4, -0.2) is 28.5 Å². The third-order valence-electron chi connectivity index (χ3n) is 4.34. The Morgan fingerprint density at radius 2 is 1.77 bits per heavy atom. The zero-order chi connectivity index (χ0) is 22.4. The van der Waals surface area contributed by atoms with Gasteiger partial charge < -0.3 is 10.1 Å². The van der Waals surface area contributed by atoms with Crippen LogP contribution in [-0.2, 0) is 22.5 Å². The van der Waals surface area contributed by atoms with E-state index in [0.717, 1.165) is 10.4 Å². The molecule has 9 heteroatoms. The fraction of sp³-hybridized carbons (Fsp3) is 0.273. The zero-order valence-electron chi connectivity index (χ0n) is 17.2. The summed E-state index contributed by atoms with van der Waals surface area (Å²) in [5, 5.41) is 8.40. The number of halogens is 1. The predicted octanol–water partition coefficient (Wildman–Crippen LogP) is 3.24. The molecule has 2 amide bonds. The summed E-state index contributed by atoms with van der Waals surface area (Å²) in [6, 6.07) is 13.7. The highest BCUT2D eigenvalue weighted by Gasteiger charge is 2.14. The lowest BCUT2D eigenvalue weighted by Gasteiger charge is -2.13. The molecule has 1 aromatic heterocycles. The molecule has 0 atom stereocenters. The van der Waals surface area contributed by atoms with Crippen LogP contribution in [0.25, 0.3) is 10.8 Å². The van der Waals surface area contributed by atoms with Crippen LogP contribution in [0, 0.1) is 5.92 Å². The van der Waals surface area contributed by atoms with Gasteiger partial charge in [-0.05, 0) is 29.7 Å². The fourth-order valence-corrected chi connectivity index (χ4v) is 2.98. The van der Waals surface area contributed by atoms with E-state index in [1.54, 1.807) is 48.5 Å². The average Bonchev–Trinajstić information content (AvgIpc) is 2.75. The van der Waals surface area contributed by atoms with Gasteiger partial charge in [0.05, 0.1) is 30.7 Å². The molecule has 31 heavy (non-hydrogen) atoms. The van der Waals surface area contributed by atoms with Gasteiger partial charge in [0.25, 0.3) is 5.56 Å². The number of carbonyl (C=O) groups excluding carboxylic acids is 2. The van der Waals surface area contributed by atoms with E-state index in [1.807, 2.05) is 13.8 Å². The van der Waals surface area contributed by atoms with Crippen LogP contribution in [0.15, 0.2) is 53.3 Å². The van der Waals surface area contributed by atoms with Crippen molar-refractivity contribution in [2.75, 3.05) is 12.0 Å². The first-order valence-corrected chi connectivity index (χ1v) is 10.2. The van der Waals surface area contributed by atoms with Crippen LogP contribution in [0.1, 0.15) is 25.1 Å². The monoisotopic (exact) mass is 442 g/mol. The van der Waals surface area contributed by atoms with Crippen LogP contribution in [0.3, 0.4) is 0 Å². The third-order valence-corrected chi connectivity index (χ3v) is 4.59. The molecule has 0 spiro atoms. The smallest absolute Gasteiger partial charge is 0.407 e. The van der Waals surface area contributed by atoms with E-state index in [2.05, 4.69) is 15.8 Å². The Kier molecular flexibility index (Phi) is 7.25. The molecular formula is C22H23ClN4O4. The number of aromatic nitrogens is 2. The van der Waals surface area contributed by atoms with Crippen molar-refractivity contribution in [3.63, 3.8) is 0 Å². The molecule has 162 valence electrons. The molecule has 3 aromatic rings. The van der Waals surface area contributed by atoms with Gasteiger partial charge in [-0.15, -0.1) is 4.79 Å². The fourth-order valence-electron chi connectivity index (χ4n) is 2.86. The minimum Gasteiger partial charge on any atom is -0.449 e. The van der Waals surface area contributed by atoms with Crippen molar-refractivity contribution in [1.82, 2.24) is 15.2 Å². The Hall–Kier alpha value is -3.39. The van der Waals surface area contributed by atoms with Gasteiger partial charge in [-0.2, -0.15) is 5.10 Å². The zero-order valence-corrected chi connectivity index (χ0v) is 18.0. The second kappa shape index (κ2) is 10.1. The molecule has 0 saturated carbocycles. The Morgan fingerprint density at radius 1 is 1.10 bits per heavy atom. The minimum absolute atomic E-state index is 0.0325. The Balaban J connectivity index is 1.80. The van der Waals surface area contributed by atoms with Crippen molar-refractivity contribution < 1.29 is 14.3 Å². The summed E-state index contributed by atoms with van der Waals surface area (Å²) in [7, 11) is 0. The van der Waals surface area contributed by atoms with E-state index in [1.165, 1.54) is 0 Å². The molecule has 8 nitrogen and oxygen atoms in total. The van der Waals surface area contributed by atoms with Crippen molar-refractivity contribution >= 4 is 34.4 Å². The van der Waals surface area contributed by atoms with Crippen LogP contribution in [0.2, 0.25) is 5.02 Å². The number of hydrogen-bond donors (Lipinski definition) is 2. The highest BCUT2D eigenvalue weighted by molar-refractivity contribution is 6.30. The summed E-state index contributed by atoms with van der Waals surface area (Å²) in [4.78, 5) is 38.0. The van der Waals surface area contributed by atoms with E-state index < -0.39 is 17.6 Å². The summed E-state index contributed by atoms with van der Waals surface area (Å²) in [6.07, 6.45) is -0.531. The molecule has 0 saturated heterocycles. The van der Waals surface area contributed by atoms with Gasteiger partial charge in [0, 0.05) is 10.4 Å². The quantitative estimate of drug-likeness (QED) is 0.584. The van der Waals surface area contributed by atoms with Crippen LogP contribution in [0.4, 0.5) is 4.79 Å². The normalized spacial score (nSPS) is 10.8. The maximum atomic E-state index is 12.8. The molecule has 0 aliphatic heterocycles. The first-order valence-electron chi connectivity index (χ1n) is 9.79. The van der Waals surface area contributed by atoms with E-state index in [0.29, 0.717) is 28.1 Å². The van der Waals surface area contributed by atoms with Crippen molar-refractivity contribution in [2.45, 2.75) is 26.8 Å². The number of nitrogens with zero attached hydrogens (tertiary/aromatic N) is 2. The number of ether oxygens (including phenoxy) is 1. The van der Waals surface area contributed by atoms with Crippen LogP contribution >= 0.6 is 11.6 Å². The highest BCUT2D eigenvalue weighted by atomic mass is 35.5. The molecule has 0 fully saturated rings.